The molecule has 0 amide bonds. The lowest BCUT2D eigenvalue weighted by Crippen LogP contribution is -1.84. The van der Waals surface area contributed by atoms with Gasteiger partial charge in [0.05, 0.1) is 0 Å². The average molecular weight is 268 g/mol. The van der Waals surface area contributed by atoms with Crippen LogP contribution in [0.4, 0.5) is 0 Å². The number of hydrogen-bond donors (Lipinski definition) is 1. The van der Waals surface area contributed by atoms with Gasteiger partial charge < -0.3 is 4.79 Å². The van der Waals surface area contributed by atoms with Crippen molar-refractivity contribution in [2.75, 3.05) is 0 Å². The molecule has 54 valence electrons. The number of aromatic amines is 1. The van der Waals surface area contributed by atoms with E-state index in [0.29, 0.717) is 11.0 Å². The minimum absolute atomic E-state index is 0.373. The SMILES string of the molecule is O=CCc1c(Br)n[nH]c1Br. The molecule has 0 aliphatic carbocycles. The van der Waals surface area contributed by atoms with Crippen LogP contribution < -0.4 is 0 Å². The summed E-state index contributed by atoms with van der Waals surface area (Å²) in [5, 5.41) is 6.50. The number of hydrogen-bond acceptors (Lipinski definition) is 2. The smallest absolute Gasteiger partial charge is 0.132 e. The molecule has 0 atom stereocenters. The Bertz CT molecular complexity index is 226. The molecule has 1 rings (SSSR count). The first-order valence-electron chi connectivity index (χ1n) is 2.57. The number of halogens is 2. The normalized spacial score (nSPS) is 9.80. The van der Waals surface area contributed by atoms with Gasteiger partial charge in [-0.05, 0) is 31.9 Å². The summed E-state index contributed by atoms with van der Waals surface area (Å²) in [5.74, 6) is 0. The molecule has 0 aromatic carbocycles. The van der Waals surface area contributed by atoms with Gasteiger partial charge in [0.25, 0.3) is 0 Å². The summed E-state index contributed by atoms with van der Waals surface area (Å²) in [6.45, 7) is 0. The number of aromatic nitrogens is 2. The van der Waals surface area contributed by atoms with E-state index in [1.54, 1.807) is 0 Å². The Morgan fingerprint density at radius 3 is 2.70 bits per heavy atom. The standard InChI is InChI=1S/C5H4Br2N2O/c6-4-3(1-2-10)5(7)9-8-4/h2H,1H2,(H,8,9). The van der Waals surface area contributed by atoms with Crippen molar-refractivity contribution in [2.45, 2.75) is 6.42 Å². The van der Waals surface area contributed by atoms with Crippen molar-refractivity contribution in [1.29, 1.82) is 0 Å². The number of nitrogens with one attached hydrogen (secondary N) is 1. The molecule has 1 aromatic rings. The van der Waals surface area contributed by atoms with Gasteiger partial charge in [-0.1, -0.05) is 0 Å². The van der Waals surface area contributed by atoms with E-state index in [-0.39, 0.29) is 0 Å². The molecule has 5 heteroatoms. The molecule has 0 spiro atoms. The lowest BCUT2D eigenvalue weighted by Gasteiger charge is -1.87. The van der Waals surface area contributed by atoms with E-state index in [9.17, 15) is 4.79 Å². The van der Waals surface area contributed by atoms with E-state index in [2.05, 4.69) is 42.1 Å². The molecular formula is C5H4Br2N2O. The largest absolute Gasteiger partial charge is 0.303 e. The van der Waals surface area contributed by atoms with E-state index in [1.165, 1.54) is 0 Å². The highest BCUT2D eigenvalue weighted by Crippen LogP contribution is 2.21. The maximum Gasteiger partial charge on any atom is 0.132 e. The second-order valence-corrected chi connectivity index (χ2v) is 3.22. The quantitative estimate of drug-likeness (QED) is 0.829. The zero-order valence-corrected chi connectivity index (χ0v) is 8.07. The van der Waals surface area contributed by atoms with Crippen LogP contribution in [-0.2, 0) is 11.2 Å². The van der Waals surface area contributed by atoms with Crippen molar-refractivity contribution in [2.24, 2.45) is 0 Å². The Morgan fingerprint density at radius 2 is 2.30 bits per heavy atom. The Morgan fingerprint density at radius 1 is 1.60 bits per heavy atom. The molecule has 0 radical (unpaired) electrons. The fourth-order valence-electron chi connectivity index (χ4n) is 0.581. The van der Waals surface area contributed by atoms with Crippen LogP contribution in [0.25, 0.3) is 0 Å². The predicted molar refractivity (Wildman–Crippen MR) is 43.8 cm³/mol. The van der Waals surface area contributed by atoms with E-state index in [4.69, 9.17) is 0 Å². The van der Waals surface area contributed by atoms with Gasteiger partial charge in [-0.25, -0.2) is 0 Å². The van der Waals surface area contributed by atoms with E-state index >= 15 is 0 Å². The minimum Gasteiger partial charge on any atom is -0.303 e. The van der Waals surface area contributed by atoms with E-state index in [1.807, 2.05) is 0 Å². The first kappa shape index (κ1) is 7.94. The molecule has 3 nitrogen and oxygen atoms in total. The average Bonchev–Trinajstić information content (AvgIpc) is 2.20. The fourth-order valence-corrected chi connectivity index (χ4v) is 1.73. The maximum atomic E-state index is 10.1. The number of carbonyl (C=O) groups excluding carboxylic acids is 1. The zero-order chi connectivity index (χ0) is 7.56. The highest BCUT2D eigenvalue weighted by Gasteiger charge is 2.06. The highest BCUT2D eigenvalue weighted by molar-refractivity contribution is 9.11. The monoisotopic (exact) mass is 266 g/mol. The van der Waals surface area contributed by atoms with Crippen LogP contribution in [0.5, 0.6) is 0 Å². The Labute approximate surface area is 74.5 Å². The Balaban J connectivity index is 2.97. The van der Waals surface area contributed by atoms with Gasteiger partial charge in [-0.2, -0.15) is 5.10 Å². The van der Waals surface area contributed by atoms with Crippen molar-refractivity contribution in [3.8, 4) is 0 Å². The Kier molecular flexibility index (Phi) is 2.62. The molecular weight excluding hydrogens is 264 g/mol. The van der Waals surface area contributed by atoms with Gasteiger partial charge in [-0.3, -0.25) is 5.10 Å². The van der Waals surface area contributed by atoms with Gasteiger partial charge >= 0.3 is 0 Å². The second-order valence-electron chi connectivity index (χ2n) is 1.68. The maximum absolute atomic E-state index is 10.1. The molecule has 1 aromatic heterocycles. The van der Waals surface area contributed by atoms with Crippen molar-refractivity contribution >= 4 is 38.1 Å². The zero-order valence-electron chi connectivity index (χ0n) is 4.90. The van der Waals surface area contributed by atoms with Crippen molar-refractivity contribution < 1.29 is 4.79 Å². The number of carbonyl (C=O) groups is 1. The third kappa shape index (κ3) is 1.46. The molecule has 0 unspecified atom stereocenters. The summed E-state index contributed by atoms with van der Waals surface area (Å²) < 4.78 is 1.44. The minimum atomic E-state index is 0.373. The molecule has 1 N–H and O–H groups in total. The second kappa shape index (κ2) is 3.30. The van der Waals surface area contributed by atoms with Crippen molar-refractivity contribution in [3.05, 3.63) is 14.8 Å². The van der Waals surface area contributed by atoms with E-state index < -0.39 is 0 Å². The molecule has 10 heavy (non-hydrogen) atoms. The predicted octanol–water partition coefficient (Wildman–Crippen LogP) is 1.68. The van der Waals surface area contributed by atoms with Crippen LogP contribution in [0, 0.1) is 0 Å². The number of aldehydes is 1. The molecule has 0 saturated carbocycles. The summed E-state index contributed by atoms with van der Waals surface area (Å²) >= 11 is 6.40. The number of rotatable bonds is 2. The first-order chi connectivity index (χ1) is 4.75. The molecule has 0 aliphatic rings. The lowest BCUT2D eigenvalue weighted by atomic mass is 10.3. The van der Waals surface area contributed by atoms with Crippen LogP contribution in [0.1, 0.15) is 5.56 Å². The molecule has 0 saturated heterocycles. The summed E-state index contributed by atoms with van der Waals surface area (Å²) in [7, 11) is 0. The van der Waals surface area contributed by atoms with Crippen LogP contribution in [0.2, 0.25) is 0 Å². The van der Waals surface area contributed by atoms with Crippen LogP contribution in [0.3, 0.4) is 0 Å². The summed E-state index contributed by atoms with van der Waals surface area (Å²) in [6.07, 6.45) is 1.21. The number of H-pyrrole nitrogens is 1. The van der Waals surface area contributed by atoms with Gasteiger partial charge in [0.1, 0.15) is 15.5 Å². The topological polar surface area (TPSA) is 45.8 Å². The van der Waals surface area contributed by atoms with Crippen molar-refractivity contribution in [3.63, 3.8) is 0 Å². The molecule has 0 fully saturated rings. The van der Waals surface area contributed by atoms with Crippen molar-refractivity contribution in [1.82, 2.24) is 10.2 Å². The first-order valence-corrected chi connectivity index (χ1v) is 4.16. The van der Waals surface area contributed by atoms with Crippen LogP contribution >= 0.6 is 31.9 Å². The molecule has 0 bridgehead atoms. The van der Waals surface area contributed by atoms with Gasteiger partial charge in [0.2, 0.25) is 0 Å². The third-order valence-corrected chi connectivity index (χ3v) is 2.37. The third-order valence-electron chi connectivity index (χ3n) is 1.05. The lowest BCUT2D eigenvalue weighted by molar-refractivity contribution is -0.107. The van der Waals surface area contributed by atoms with E-state index in [0.717, 1.165) is 16.5 Å². The Hall–Kier alpha value is -0.160. The van der Waals surface area contributed by atoms with Gasteiger partial charge in [0.15, 0.2) is 0 Å². The fraction of sp³-hybridized carbons (Fsp3) is 0.200. The summed E-state index contributed by atoms with van der Waals surface area (Å²) in [6, 6.07) is 0. The molecule has 0 aliphatic heterocycles. The highest BCUT2D eigenvalue weighted by atomic mass is 79.9. The van der Waals surface area contributed by atoms with Crippen LogP contribution in [0.15, 0.2) is 9.21 Å². The summed E-state index contributed by atoms with van der Waals surface area (Å²) in [4.78, 5) is 10.1. The number of nitrogens with zero attached hydrogens (tertiary/aromatic N) is 1. The molecule has 1 heterocycles. The van der Waals surface area contributed by atoms with Gasteiger partial charge in [0, 0.05) is 12.0 Å². The van der Waals surface area contributed by atoms with Gasteiger partial charge in [-0.15, -0.1) is 0 Å². The van der Waals surface area contributed by atoms with Crippen LogP contribution in [-0.4, -0.2) is 16.5 Å². The summed E-state index contributed by atoms with van der Waals surface area (Å²) in [5.41, 5.74) is 0.856.